The van der Waals surface area contributed by atoms with E-state index in [1.165, 1.54) is 31.2 Å². The van der Waals surface area contributed by atoms with Gasteiger partial charge < -0.3 is 19.7 Å². The molecule has 2 atom stereocenters. The van der Waals surface area contributed by atoms with Crippen molar-refractivity contribution in [2.75, 3.05) is 19.7 Å². The first-order valence-electron chi connectivity index (χ1n) is 18.3. The molecular formula is C42H50N4O4. The minimum absolute atomic E-state index is 0.167. The van der Waals surface area contributed by atoms with Crippen LogP contribution in [0.3, 0.4) is 0 Å². The van der Waals surface area contributed by atoms with Crippen molar-refractivity contribution in [2.24, 2.45) is 5.92 Å². The van der Waals surface area contributed by atoms with Crippen LogP contribution in [0.1, 0.15) is 86.7 Å². The number of benzene rings is 3. The molecule has 5 rings (SSSR count). The molecule has 0 radical (unpaired) electrons. The van der Waals surface area contributed by atoms with Crippen LogP contribution in [-0.2, 0) is 22.4 Å². The Morgan fingerprint density at radius 3 is 2.14 bits per heavy atom. The van der Waals surface area contributed by atoms with Crippen molar-refractivity contribution < 1.29 is 19.1 Å². The lowest BCUT2D eigenvalue weighted by molar-refractivity contribution is -0.132. The van der Waals surface area contributed by atoms with Crippen LogP contribution in [0.4, 0.5) is 0 Å². The second-order valence-corrected chi connectivity index (χ2v) is 13.3. The summed E-state index contributed by atoms with van der Waals surface area (Å²) < 4.78 is 5.90. The predicted molar refractivity (Wildman–Crippen MR) is 198 cm³/mol. The van der Waals surface area contributed by atoms with E-state index in [9.17, 15) is 14.4 Å². The van der Waals surface area contributed by atoms with Crippen LogP contribution in [-0.4, -0.2) is 58.7 Å². The minimum Gasteiger partial charge on any atom is -0.494 e. The Kier molecular flexibility index (Phi) is 13.7. The summed E-state index contributed by atoms with van der Waals surface area (Å²) in [6.45, 7) is 6.00. The highest BCUT2D eigenvalue weighted by atomic mass is 16.5. The molecule has 1 aliphatic heterocycles. The monoisotopic (exact) mass is 674 g/mol. The molecule has 3 aromatic carbocycles. The van der Waals surface area contributed by atoms with Crippen LogP contribution in [0.25, 0.3) is 22.5 Å². The fourth-order valence-electron chi connectivity index (χ4n) is 6.26. The van der Waals surface area contributed by atoms with Gasteiger partial charge in [0.05, 0.1) is 6.61 Å². The number of hydrogen-bond acceptors (Lipinski definition) is 6. The summed E-state index contributed by atoms with van der Waals surface area (Å²) in [5.41, 5.74) is 5.39. The van der Waals surface area contributed by atoms with Crippen LogP contribution in [0.15, 0.2) is 85.2 Å². The van der Waals surface area contributed by atoms with E-state index in [0.717, 1.165) is 66.6 Å². The number of nitrogens with zero attached hydrogens (tertiary/aromatic N) is 3. The number of nitrogens with one attached hydrogen (secondary N) is 1. The number of aromatic nitrogens is 2. The van der Waals surface area contributed by atoms with Crippen molar-refractivity contribution >= 4 is 18.1 Å². The number of unbranched alkanes of at least 4 members (excludes halogenated alkanes) is 5. The molecule has 2 amide bonds. The highest BCUT2D eigenvalue weighted by Gasteiger charge is 2.32. The van der Waals surface area contributed by atoms with Gasteiger partial charge in [-0.2, -0.15) is 0 Å². The van der Waals surface area contributed by atoms with Crippen LogP contribution < -0.4 is 10.1 Å². The van der Waals surface area contributed by atoms with Crippen LogP contribution in [0.5, 0.6) is 5.75 Å². The molecular weight excluding hydrogens is 624 g/mol. The fourth-order valence-corrected chi connectivity index (χ4v) is 6.26. The molecule has 0 unspecified atom stereocenters. The average molecular weight is 675 g/mol. The smallest absolute Gasteiger partial charge is 0.251 e. The fraction of sp³-hybridized carbons (Fsp3) is 0.405. The van der Waals surface area contributed by atoms with Crippen molar-refractivity contribution in [3.63, 3.8) is 0 Å². The third-order valence-corrected chi connectivity index (χ3v) is 9.38. The molecule has 1 N–H and O–H groups in total. The second-order valence-electron chi connectivity index (χ2n) is 13.3. The summed E-state index contributed by atoms with van der Waals surface area (Å²) in [5, 5.41) is 2.99. The van der Waals surface area contributed by atoms with Gasteiger partial charge in [-0.05, 0) is 66.6 Å². The highest BCUT2D eigenvalue weighted by molar-refractivity contribution is 5.97. The van der Waals surface area contributed by atoms with Crippen LogP contribution in [0, 0.1) is 5.92 Å². The quantitative estimate of drug-likeness (QED) is 0.0851. The van der Waals surface area contributed by atoms with Gasteiger partial charge in [-0.25, -0.2) is 9.97 Å². The summed E-state index contributed by atoms with van der Waals surface area (Å²) in [6, 6.07) is 22.6. The van der Waals surface area contributed by atoms with Gasteiger partial charge in [-0.1, -0.05) is 94.5 Å². The van der Waals surface area contributed by atoms with Crippen molar-refractivity contribution in [1.82, 2.24) is 20.2 Å². The first-order valence-corrected chi connectivity index (χ1v) is 18.3. The minimum atomic E-state index is -0.767. The number of carbonyl (C=O) groups is 3. The Morgan fingerprint density at radius 2 is 1.48 bits per heavy atom. The maximum Gasteiger partial charge on any atom is 0.251 e. The van der Waals surface area contributed by atoms with E-state index in [1.54, 1.807) is 4.90 Å². The van der Waals surface area contributed by atoms with Gasteiger partial charge in [-0.3, -0.25) is 9.59 Å². The van der Waals surface area contributed by atoms with Gasteiger partial charge in [0.2, 0.25) is 5.91 Å². The SMILES string of the molecule is CCCCCCCOc1ccc(-c2cnc(-c3ccc(C[C@H](NC(=O)c4ccc(CCCC)cc4)C(=O)N4CC[C@H](C=O)C4)cc3)nc2)cc1. The molecule has 0 bridgehead atoms. The van der Waals surface area contributed by atoms with E-state index in [4.69, 9.17) is 4.74 Å². The summed E-state index contributed by atoms with van der Waals surface area (Å²) in [6.07, 6.45) is 14.8. The molecule has 4 aromatic rings. The standard InChI is InChI=1S/C42H50N4O4/c1-3-5-7-8-9-25-50-38-21-19-34(20-22-38)37-27-43-40(44-28-37)35-15-13-32(14-16-35)26-39(42(49)46-24-23-33(29-46)30-47)45-41(48)36-17-11-31(12-18-36)10-6-4-2/h11-22,27-28,30,33,39H,3-10,23-26,29H2,1-2H3,(H,45,48)/t33-,39-/m0/s1. The summed E-state index contributed by atoms with van der Waals surface area (Å²) >= 11 is 0. The lowest BCUT2D eigenvalue weighted by Crippen LogP contribution is -2.49. The summed E-state index contributed by atoms with van der Waals surface area (Å²) in [5.74, 6) is 0.838. The third-order valence-electron chi connectivity index (χ3n) is 9.38. The van der Waals surface area contributed by atoms with Gasteiger partial charge in [-0.15, -0.1) is 0 Å². The number of likely N-dealkylation sites (tertiary alicyclic amines) is 1. The molecule has 0 saturated carbocycles. The Hall–Kier alpha value is -4.85. The normalized spacial score (nSPS) is 14.7. The number of aldehydes is 1. The van der Waals surface area contributed by atoms with E-state index in [-0.39, 0.29) is 17.7 Å². The first kappa shape index (κ1) is 36.4. The molecule has 2 heterocycles. The zero-order chi connectivity index (χ0) is 35.1. The molecule has 1 aliphatic rings. The van der Waals surface area contributed by atoms with E-state index < -0.39 is 6.04 Å². The van der Waals surface area contributed by atoms with E-state index >= 15 is 0 Å². The van der Waals surface area contributed by atoms with E-state index in [0.29, 0.717) is 37.3 Å². The van der Waals surface area contributed by atoms with Gasteiger partial charge in [0.25, 0.3) is 5.91 Å². The zero-order valence-electron chi connectivity index (χ0n) is 29.5. The molecule has 1 fully saturated rings. The number of amides is 2. The second kappa shape index (κ2) is 18.8. The van der Waals surface area contributed by atoms with Crippen LogP contribution >= 0.6 is 0 Å². The Morgan fingerprint density at radius 1 is 0.820 bits per heavy atom. The molecule has 1 saturated heterocycles. The molecule has 8 nitrogen and oxygen atoms in total. The first-order chi connectivity index (χ1) is 24.5. The Balaban J connectivity index is 1.21. The van der Waals surface area contributed by atoms with E-state index in [1.807, 2.05) is 85.2 Å². The van der Waals surface area contributed by atoms with Gasteiger partial charge in [0.15, 0.2) is 5.82 Å². The van der Waals surface area contributed by atoms with Crippen molar-refractivity contribution in [1.29, 1.82) is 0 Å². The molecule has 1 aromatic heterocycles. The third kappa shape index (κ3) is 10.3. The highest BCUT2D eigenvalue weighted by Crippen LogP contribution is 2.24. The van der Waals surface area contributed by atoms with Crippen molar-refractivity contribution in [2.45, 2.75) is 84.1 Å². The Bertz CT molecular complexity index is 1650. The predicted octanol–water partition coefficient (Wildman–Crippen LogP) is 7.89. The van der Waals surface area contributed by atoms with Crippen molar-refractivity contribution in [3.8, 4) is 28.3 Å². The number of aryl methyl sites for hydroxylation is 1. The Labute approximate surface area is 296 Å². The molecule has 0 spiro atoms. The van der Waals surface area contributed by atoms with Gasteiger partial charge in [0.1, 0.15) is 18.1 Å². The summed E-state index contributed by atoms with van der Waals surface area (Å²) in [7, 11) is 0. The van der Waals surface area contributed by atoms with E-state index in [2.05, 4.69) is 29.1 Å². The lowest BCUT2D eigenvalue weighted by atomic mass is 10.0. The number of carbonyl (C=O) groups excluding carboxylic acids is 3. The largest absolute Gasteiger partial charge is 0.494 e. The zero-order valence-corrected chi connectivity index (χ0v) is 29.5. The van der Waals surface area contributed by atoms with Gasteiger partial charge >= 0.3 is 0 Å². The molecule has 50 heavy (non-hydrogen) atoms. The van der Waals surface area contributed by atoms with Gasteiger partial charge in [0, 0.05) is 54.5 Å². The molecule has 262 valence electrons. The number of hydrogen-bond donors (Lipinski definition) is 1. The maximum atomic E-state index is 13.7. The molecule has 0 aliphatic carbocycles. The van der Waals surface area contributed by atoms with Crippen LogP contribution in [0.2, 0.25) is 0 Å². The number of ether oxygens (including phenoxy) is 1. The summed E-state index contributed by atoms with van der Waals surface area (Å²) in [4.78, 5) is 49.3. The lowest BCUT2D eigenvalue weighted by Gasteiger charge is -2.24. The average Bonchev–Trinajstić information content (AvgIpc) is 3.65. The molecule has 8 heteroatoms. The van der Waals surface area contributed by atoms with Crippen molar-refractivity contribution in [3.05, 3.63) is 102 Å². The topological polar surface area (TPSA) is 101 Å². The maximum absolute atomic E-state index is 13.7. The number of rotatable bonds is 18.